The third-order valence-electron chi connectivity index (χ3n) is 5.35. The molecule has 4 rings (SSSR count). The first-order valence-electron chi connectivity index (χ1n) is 10.2. The van der Waals surface area contributed by atoms with Crippen molar-refractivity contribution in [3.8, 4) is 5.75 Å². The summed E-state index contributed by atoms with van der Waals surface area (Å²) < 4.78 is 0. The molecule has 0 saturated carbocycles. The van der Waals surface area contributed by atoms with Gasteiger partial charge < -0.3 is 15.3 Å². The predicted octanol–water partition coefficient (Wildman–Crippen LogP) is 4.69. The highest BCUT2D eigenvalue weighted by atomic mass is 35.5. The van der Waals surface area contributed by atoms with Crippen LogP contribution in [0.5, 0.6) is 5.75 Å². The van der Waals surface area contributed by atoms with Gasteiger partial charge in [0.1, 0.15) is 12.1 Å². The number of hydrogen-bond acceptors (Lipinski definition) is 7. The first-order chi connectivity index (χ1) is 15.5. The fourth-order valence-corrected chi connectivity index (χ4v) is 3.80. The maximum atomic E-state index is 11.9. The molecule has 0 aliphatic carbocycles. The van der Waals surface area contributed by atoms with Crippen molar-refractivity contribution in [1.29, 1.82) is 0 Å². The lowest BCUT2D eigenvalue weighted by Gasteiger charge is -2.27. The van der Waals surface area contributed by atoms with E-state index in [1.54, 1.807) is 12.1 Å². The van der Waals surface area contributed by atoms with Gasteiger partial charge in [0, 0.05) is 24.7 Å². The van der Waals surface area contributed by atoms with Crippen LogP contribution in [0.1, 0.15) is 17.5 Å². The number of phenolic OH excluding ortho intramolecular Hbond substituents is 1. The quantitative estimate of drug-likeness (QED) is 0.396. The van der Waals surface area contributed by atoms with E-state index >= 15 is 0 Å². The van der Waals surface area contributed by atoms with Crippen molar-refractivity contribution in [2.75, 3.05) is 29.9 Å². The molecule has 164 valence electrons. The molecular weight excluding hydrogens is 430 g/mol. The van der Waals surface area contributed by atoms with Gasteiger partial charge in [0.25, 0.3) is 0 Å². The number of nitrogens with zero attached hydrogens (tertiary/aromatic N) is 4. The first kappa shape index (κ1) is 21.6. The molecule has 1 aliphatic rings. The van der Waals surface area contributed by atoms with E-state index in [0.717, 1.165) is 17.5 Å². The van der Waals surface area contributed by atoms with Crippen molar-refractivity contribution in [3.63, 3.8) is 0 Å². The number of nitro groups is 1. The monoisotopic (exact) mass is 451 g/mol. The van der Waals surface area contributed by atoms with Crippen LogP contribution in [0.4, 0.5) is 17.3 Å². The maximum Gasteiger partial charge on any atom is 0.353 e. The largest absolute Gasteiger partial charge is 0.508 e. The molecule has 2 heterocycles. The zero-order chi connectivity index (χ0) is 22.5. The molecule has 0 atom stereocenters. The Kier molecular flexibility index (Phi) is 6.51. The van der Waals surface area contributed by atoms with Crippen LogP contribution in [-0.4, -0.2) is 39.6 Å². The molecular formula is C23H22ClN5O3. The summed E-state index contributed by atoms with van der Waals surface area (Å²) in [7, 11) is 0. The average molecular weight is 452 g/mol. The molecule has 0 spiro atoms. The van der Waals surface area contributed by atoms with E-state index in [9.17, 15) is 15.2 Å². The van der Waals surface area contributed by atoms with E-state index in [4.69, 9.17) is 11.6 Å². The molecule has 0 fully saturated rings. The number of hydrogen-bond donors (Lipinski definition) is 2. The zero-order valence-electron chi connectivity index (χ0n) is 17.2. The lowest BCUT2D eigenvalue weighted by atomic mass is 9.99. The summed E-state index contributed by atoms with van der Waals surface area (Å²) in [6.07, 6.45) is 4.79. The predicted molar refractivity (Wildman–Crippen MR) is 125 cm³/mol. The minimum absolute atomic E-state index is 0.124. The molecule has 1 aliphatic heterocycles. The fraction of sp³-hybridized carbons (Fsp3) is 0.217. The normalized spacial score (nSPS) is 13.5. The van der Waals surface area contributed by atoms with Crippen LogP contribution in [0.15, 0.2) is 60.9 Å². The summed E-state index contributed by atoms with van der Waals surface area (Å²) in [6.45, 7) is 1.59. The molecule has 3 aromatic rings. The van der Waals surface area contributed by atoms with E-state index < -0.39 is 4.92 Å². The molecule has 0 saturated heterocycles. The molecule has 0 radical (unpaired) electrons. The Morgan fingerprint density at radius 2 is 1.88 bits per heavy atom. The topological polar surface area (TPSA) is 104 Å². The zero-order valence-corrected chi connectivity index (χ0v) is 18.0. The van der Waals surface area contributed by atoms with Gasteiger partial charge in [-0.2, -0.15) is 0 Å². The standard InChI is InChI=1S/C23H22ClN5O3/c24-19-5-3-17(4-6-19)18-10-13-28(14-11-18)23-21(29(31)32)22(26-15-27-23)25-12-9-16-1-7-20(30)8-2-16/h1-8,10,15,30H,9,11-14H2,(H,25,26,27). The number of rotatable bonds is 7. The van der Waals surface area contributed by atoms with Gasteiger partial charge in [0.2, 0.25) is 11.6 Å². The SMILES string of the molecule is O=[N+]([O-])c1c(NCCc2ccc(O)cc2)ncnc1N1CC=C(c2ccc(Cl)cc2)CC1. The molecule has 32 heavy (non-hydrogen) atoms. The number of nitrogens with one attached hydrogen (secondary N) is 1. The van der Waals surface area contributed by atoms with Crippen molar-refractivity contribution in [2.24, 2.45) is 0 Å². The number of halogens is 1. The summed E-state index contributed by atoms with van der Waals surface area (Å²) in [4.78, 5) is 21.7. The lowest BCUT2D eigenvalue weighted by Crippen LogP contribution is -2.30. The van der Waals surface area contributed by atoms with Crippen molar-refractivity contribution in [1.82, 2.24) is 9.97 Å². The highest BCUT2D eigenvalue weighted by Gasteiger charge is 2.28. The average Bonchev–Trinajstić information content (AvgIpc) is 2.81. The van der Waals surface area contributed by atoms with Crippen LogP contribution in [0.25, 0.3) is 5.57 Å². The lowest BCUT2D eigenvalue weighted by molar-refractivity contribution is -0.383. The van der Waals surface area contributed by atoms with Gasteiger partial charge in [0.05, 0.1) is 4.92 Å². The van der Waals surface area contributed by atoms with Gasteiger partial charge in [-0.25, -0.2) is 9.97 Å². The highest BCUT2D eigenvalue weighted by molar-refractivity contribution is 6.30. The molecule has 0 amide bonds. The molecule has 9 heteroatoms. The number of benzene rings is 2. The van der Waals surface area contributed by atoms with Crippen LogP contribution in [-0.2, 0) is 6.42 Å². The van der Waals surface area contributed by atoms with Crippen molar-refractivity contribution >= 4 is 34.5 Å². The van der Waals surface area contributed by atoms with E-state index in [2.05, 4.69) is 21.4 Å². The molecule has 1 aromatic heterocycles. The Balaban J connectivity index is 1.48. The summed E-state index contributed by atoms with van der Waals surface area (Å²) in [5.41, 5.74) is 3.16. The van der Waals surface area contributed by atoms with Gasteiger partial charge >= 0.3 is 5.69 Å². The van der Waals surface area contributed by atoms with E-state index in [1.807, 2.05) is 41.3 Å². The van der Waals surface area contributed by atoms with Crippen molar-refractivity contribution in [3.05, 3.63) is 87.2 Å². The Morgan fingerprint density at radius 1 is 1.12 bits per heavy atom. The molecule has 0 unspecified atom stereocenters. The van der Waals surface area contributed by atoms with Crippen LogP contribution in [0, 0.1) is 10.1 Å². The fourth-order valence-electron chi connectivity index (χ4n) is 3.67. The molecule has 0 bridgehead atoms. The highest BCUT2D eigenvalue weighted by Crippen LogP contribution is 2.34. The van der Waals surface area contributed by atoms with Crippen molar-refractivity contribution < 1.29 is 10.0 Å². The van der Waals surface area contributed by atoms with Gasteiger partial charge in [-0.3, -0.25) is 10.1 Å². The molecule has 8 nitrogen and oxygen atoms in total. The number of phenols is 1. The van der Waals surface area contributed by atoms with Gasteiger partial charge in [-0.1, -0.05) is 41.9 Å². The van der Waals surface area contributed by atoms with Crippen LogP contribution in [0.2, 0.25) is 5.02 Å². The summed E-state index contributed by atoms with van der Waals surface area (Å²) >= 11 is 5.97. The molecule has 2 aromatic carbocycles. The number of anilines is 2. The van der Waals surface area contributed by atoms with Gasteiger partial charge in [0.15, 0.2) is 0 Å². The number of aromatic nitrogens is 2. The minimum atomic E-state index is -0.434. The minimum Gasteiger partial charge on any atom is -0.508 e. The third kappa shape index (κ3) is 4.97. The van der Waals surface area contributed by atoms with Gasteiger partial charge in [-0.15, -0.1) is 0 Å². The van der Waals surface area contributed by atoms with Gasteiger partial charge in [-0.05, 0) is 53.8 Å². The Morgan fingerprint density at radius 3 is 2.53 bits per heavy atom. The Hall–Kier alpha value is -3.65. The van der Waals surface area contributed by atoms with Crippen molar-refractivity contribution in [2.45, 2.75) is 12.8 Å². The van der Waals surface area contributed by atoms with E-state index in [1.165, 1.54) is 11.9 Å². The maximum absolute atomic E-state index is 11.9. The first-order valence-corrected chi connectivity index (χ1v) is 10.6. The number of aromatic hydroxyl groups is 1. The van der Waals surface area contributed by atoms with Crippen LogP contribution >= 0.6 is 11.6 Å². The smallest absolute Gasteiger partial charge is 0.353 e. The summed E-state index contributed by atoms with van der Waals surface area (Å²) in [5.74, 6) is 0.711. The van der Waals surface area contributed by atoms with E-state index in [0.29, 0.717) is 36.9 Å². The van der Waals surface area contributed by atoms with Crippen LogP contribution < -0.4 is 10.2 Å². The van der Waals surface area contributed by atoms with E-state index in [-0.39, 0.29) is 17.3 Å². The molecule has 2 N–H and O–H groups in total. The van der Waals surface area contributed by atoms with Crippen LogP contribution in [0.3, 0.4) is 0 Å². The summed E-state index contributed by atoms with van der Waals surface area (Å²) in [5, 5.41) is 25.0. The summed E-state index contributed by atoms with van der Waals surface area (Å²) in [6, 6.07) is 14.5. The third-order valence-corrected chi connectivity index (χ3v) is 5.60. The second kappa shape index (κ2) is 9.65. The second-order valence-electron chi connectivity index (χ2n) is 7.43. The Labute approximate surface area is 190 Å². The second-order valence-corrected chi connectivity index (χ2v) is 7.86. The Bertz CT molecular complexity index is 1130.